The molecule has 1 aromatic carbocycles. The highest BCUT2D eigenvalue weighted by Crippen LogP contribution is 2.27. The predicted octanol–water partition coefficient (Wildman–Crippen LogP) is 3.65. The van der Waals surface area contributed by atoms with Crippen LogP contribution in [0.25, 0.3) is 0 Å². The number of piperidine rings is 1. The van der Waals surface area contributed by atoms with Crippen LogP contribution in [0.15, 0.2) is 36.4 Å². The number of carboxylic acid groups (broad SMARTS) is 1. The summed E-state index contributed by atoms with van der Waals surface area (Å²) in [6.45, 7) is 7.04. The van der Waals surface area contributed by atoms with Gasteiger partial charge >= 0.3 is 5.97 Å². The molecule has 1 aliphatic heterocycles. The maximum Gasteiger partial charge on any atom is 0.308 e. The second kappa shape index (κ2) is 7.36. The third-order valence-corrected chi connectivity index (χ3v) is 5.44. The number of hydrogen-bond acceptors (Lipinski definition) is 2. The van der Waals surface area contributed by atoms with Crippen molar-refractivity contribution >= 4 is 11.9 Å². The Balaban J connectivity index is 1.88. The number of carbonyl (C=O) groups is 2. The van der Waals surface area contributed by atoms with Crippen molar-refractivity contribution in [2.75, 3.05) is 13.1 Å². The van der Waals surface area contributed by atoms with E-state index in [2.05, 4.69) is 23.6 Å². The number of carboxylic acids is 1. The molecule has 5 nitrogen and oxygen atoms in total. The fourth-order valence-electron chi connectivity index (χ4n) is 4.00. The molecule has 5 heteroatoms. The van der Waals surface area contributed by atoms with Crippen molar-refractivity contribution in [3.63, 3.8) is 0 Å². The third-order valence-electron chi connectivity index (χ3n) is 5.44. The first-order valence-corrected chi connectivity index (χ1v) is 9.15. The molecule has 0 radical (unpaired) electrons. The number of carbonyl (C=O) groups excluding carboxylic acids is 1. The lowest BCUT2D eigenvalue weighted by atomic mass is 9.97. The van der Waals surface area contributed by atoms with Gasteiger partial charge in [0.1, 0.15) is 0 Å². The van der Waals surface area contributed by atoms with E-state index in [1.165, 1.54) is 5.56 Å². The van der Waals surface area contributed by atoms with E-state index in [4.69, 9.17) is 0 Å². The van der Waals surface area contributed by atoms with E-state index >= 15 is 0 Å². The summed E-state index contributed by atoms with van der Waals surface area (Å²) in [6.07, 6.45) is 1.38. The molecule has 2 atom stereocenters. The molecule has 1 amide bonds. The van der Waals surface area contributed by atoms with Gasteiger partial charge in [-0.05, 0) is 45.2 Å². The first-order valence-electron chi connectivity index (χ1n) is 9.15. The number of rotatable bonds is 4. The van der Waals surface area contributed by atoms with Gasteiger partial charge in [-0.1, -0.05) is 30.3 Å². The zero-order valence-electron chi connectivity index (χ0n) is 15.6. The summed E-state index contributed by atoms with van der Waals surface area (Å²) in [4.78, 5) is 26.0. The summed E-state index contributed by atoms with van der Waals surface area (Å²) in [5.41, 5.74) is 3.84. The highest BCUT2D eigenvalue weighted by atomic mass is 16.4. The largest absolute Gasteiger partial charge is 0.481 e. The molecule has 0 spiro atoms. The van der Waals surface area contributed by atoms with Gasteiger partial charge in [0.2, 0.25) is 0 Å². The summed E-state index contributed by atoms with van der Waals surface area (Å²) in [5.74, 6) is -1.33. The molecule has 0 saturated carbocycles. The Morgan fingerprint density at radius 3 is 2.54 bits per heavy atom. The standard InChI is InChI=1S/C21H26N2O3/c1-14-12-19(20(24)22-11-7-10-18(13-22)21(25)26)16(3)23(14)15(2)17-8-5-4-6-9-17/h4-6,8-9,12,15,18H,7,10-11,13H2,1-3H3,(H,25,26)/t15?,18-/m0/s1. The van der Waals surface area contributed by atoms with Crippen LogP contribution in [0.5, 0.6) is 0 Å². The lowest BCUT2D eigenvalue weighted by Gasteiger charge is -2.30. The van der Waals surface area contributed by atoms with Crippen LogP contribution in [-0.2, 0) is 4.79 Å². The molecule has 1 aromatic heterocycles. The highest BCUT2D eigenvalue weighted by molar-refractivity contribution is 5.96. The molecule has 1 saturated heterocycles. The maximum absolute atomic E-state index is 13.0. The lowest BCUT2D eigenvalue weighted by Crippen LogP contribution is -2.42. The quantitative estimate of drug-likeness (QED) is 0.911. The van der Waals surface area contributed by atoms with Gasteiger partial charge in [0.15, 0.2) is 0 Å². The van der Waals surface area contributed by atoms with Crippen LogP contribution in [0.4, 0.5) is 0 Å². The Hall–Kier alpha value is -2.56. The SMILES string of the molecule is Cc1cc(C(=O)N2CCC[C@H](C(=O)O)C2)c(C)n1C(C)c1ccccc1. The molecule has 1 fully saturated rings. The van der Waals surface area contributed by atoms with E-state index in [1.807, 2.05) is 38.1 Å². The Morgan fingerprint density at radius 1 is 1.19 bits per heavy atom. The van der Waals surface area contributed by atoms with Crippen LogP contribution in [-0.4, -0.2) is 39.5 Å². The fraction of sp³-hybridized carbons (Fsp3) is 0.429. The first-order chi connectivity index (χ1) is 12.4. The number of nitrogens with zero attached hydrogens (tertiary/aromatic N) is 2. The van der Waals surface area contributed by atoms with Crippen molar-refractivity contribution in [3.05, 3.63) is 58.9 Å². The summed E-state index contributed by atoms with van der Waals surface area (Å²) >= 11 is 0. The zero-order chi connectivity index (χ0) is 18.8. The monoisotopic (exact) mass is 354 g/mol. The van der Waals surface area contributed by atoms with Gasteiger partial charge in [-0.25, -0.2) is 0 Å². The predicted molar refractivity (Wildman–Crippen MR) is 100 cm³/mol. The van der Waals surface area contributed by atoms with Crippen molar-refractivity contribution in [2.45, 2.75) is 39.7 Å². The van der Waals surface area contributed by atoms with Gasteiger partial charge in [0, 0.05) is 24.5 Å². The Kier molecular flexibility index (Phi) is 5.16. The minimum atomic E-state index is -0.814. The first kappa shape index (κ1) is 18.2. The minimum absolute atomic E-state index is 0.0597. The molecule has 0 aliphatic carbocycles. The molecule has 1 N–H and O–H groups in total. The number of aryl methyl sites for hydroxylation is 1. The average molecular weight is 354 g/mol. The molecule has 2 aromatic rings. The molecular formula is C21H26N2O3. The minimum Gasteiger partial charge on any atom is -0.481 e. The van der Waals surface area contributed by atoms with Crippen LogP contribution >= 0.6 is 0 Å². The van der Waals surface area contributed by atoms with E-state index in [-0.39, 0.29) is 11.9 Å². The molecule has 2 heterocycles. The number of benzene rings is 1. The molecule has 3 rings (SSSR count). The number of hydrogen-bond donors (Lipinski definition) is 1. The van der Waals surface area contributed by atoms with Crippen LogP contribution < -0.4 is 0 Å². The number of aromatic nitrogens is 1. The summed E-state index contributed by atoms with van der Waals surface area (Å²) in [5, 5.41) is 9.27. The van der Waals surface area contributed by atoms with Gasteiger partial charge in [-0.2, -0.15) is 0 Å². The van der Waals surface area contributed by atoms with Crippen LogP contribution in [0.3, 0.4) is 0 Å². The normalized spacial score (nSPS) is 18.6. The summed E-state index contributed by atoms with van der Waals surface area (Å²) in [7, 11) is 0. The number of aliphatic carboxylic acids is 1. The second-order valence-electron chi connectivity index (χ2n) is 7.17. The van der Waals surface area contributed by atoms with Crippen LogP contribution in [0.1, 0.15) is 53.1 Å². The van der Waals surface area contributed by atoms with Gasteiger partial charge in [-0.3, -0.25) is 9.59 Å². The maximum atomic E-state index is 13.0. The number of amides is 1. The highest BCUT2D eigenvalue weighted by Gasteiger charge is 2.30. The van der Waals surface area contributed by atoms with Gasteiger partial charge in [0.25, 0.3) is 5.91 Å². The molecule has 0 bridgehead atoms. The van der Waals surface area contributed by atoms with E-state index in [0.29, 0.717) is 25.1 Å². The van der Waals surface area contributed by atoms with Crippen molar-refractivity contribution in [3.8, 4) is 0 Å². The van der Waals surface area contributed by atoms with E-state index in [0.717, 1.165) is 17.8 Å². The van der Waals surface area contributed by atoms with Crippen molar-refractivity contribution in [2.24, 2.45) is 5.92 Å². The van der Waals surface area contributed by atoms with Crippen molar-refractivity contribution in [1.82, 2.24) is 9.47 Å². The Labute approximate surface area is 154 Å². The summed E-state index contributed by atoms with van der Waals surface area (Å²) in [6, 6.07) is 12.3. The van der Waals surface area contributed by atoms with E-state index < -0.39 is 11.9 Å². The Morgan fingerprint density at radius 2 is 1.88 bits per heavy atom. The molecule has 1 unspecified atom stereocenters. The molecular weight excluding hydrogens is 328 g/mol. The van der Waals surface area contributed by atoms with Crippen LogP contribution in [0, 0.1) is 19.8 Å². The van der Waals surface area contributed by atoms with Gasteiger partial charge in [-0.15, -0.1) is 0 Å². The topological polar surface area (TPSA) is 62.5 Å². The van der Waals surface area contributed by atoms with Gasteiger partial charge < -0.3 is 14.6 Å². The average Bonchev–Trinajstić information content (AvgIpc) is 2.95. The van der Waals surface area contributed by atoms with Crippen molar-refractivity contribution in [1.29, 1.82) is 0 Å². The Bertz CT molecular complexity index is 810. The molecule has 26 heavy (non-hydrogen) atoms. The van der Waals surface area contributed by atoms with E-state index in [1.54, 1.807) is 4.90 Å². The smallest absolute Gasteiger partial charge is 0.308 e. The zero-order valence-corrected chi connectivity index (χ0v) is 15.6. The van der Waals surface area contributed by atoms with Crippen LogP contribution in [0.2, 0.25) is 0 Å². The fourth-order valence-corrected chi connectivity index (χ4v) is 4.00. The molecule has 1 aliphatic rings. The molecule has 138 valence electrons. The second-order valence-corrected chi connectivity index (χ2v) is 7.17. The lowest BCUT2D eigenvalue weighted by molar-refractivity contribution is -0.143. The third kappa shape index (κ3) is 3.39. The van der Waals surface area contributed by atoms with Crippen molar-refractivity contribution < 1.29 is 14.7 Å². The summed E-state index contributed by atoms with van der Waals surface area (Å²) < 4.78 is 2.18. The van der Waals surface area contributed by atoms with Gasteiger partial charge in [0.05, 0.1) is 17.5 Å². The van der Waals surface area contributed by atoms with E-state index in [9.17, 15) is 14.7 Å². The number of likely N-dealkylation sites (tertiary alicyclic amines) is 1.